The summed E-state index contributed by atoms with van der Waals surface area (Å²) < 4.78 is 0. The first-order valence-corrected chi connectivity index (χ1v) is 7.78. The molecule has 0 aliphatic heterocycles. The highest BCUT2D eigenvalue weighted by Crippen LogP contribution is 2.31. The number of benzene rings is 2. The minimum absolute atomic E-state index is 0.140. The molecule has 1 N–H and O–H groups in total. The highest BCUT2D eigenvalue weighted by molar-refractivity contribution is 5.95. The van der Waals surface area contributed by atoms with Crippen LogP contribution in [0.5, 0.6) is 0 Å². The highest BCUT2D eigenvalue weighted by atomic mass is 16.2. The van der Waals surface area contributed by atoms with Gasteiger partial charge in [-0.05, 0) is 49.3 Å². The van der Waals surface area contributed by atoms with Gasteiger partial charge in [-0.3, -0.25) is 4.79 Å². The molecule has 0 aromatic heterocycles. The highest BCUT2D eigenvalue weighted by Gasteiger charge is 2.19. The maximum atomic E-state index is 12.0. The summed E-state index contributed by atoms with van der Waals surface area (Å²) in [5.41, 5.74) is 5.82. The molecule has 3 heteroatoms. The predicted molar refractivity (Wildman–Crippen MR) is 89.0 cm³/mol. The lowest BCUT2D eigenvalue weighted by molar-refractivity contribution is 0.0954. The first-order chi connectivity index (χ1) is 10.8. The van der Waals surface area contributed by atoms with Gasteiger partial charge in [-0.1, -0.05) is 48.5 Å². The summed E-state index contributed by atoms with van der Waals surface area (Å²) in [4.78, 5) is 12.0. The number of nitrogens with one attached hydrogen (secondary N) is 1. The van der Waals surface area contributed by atoms with Crippen LogP contribution in [0.15, 0.2) is 65.8 Å². The van der Waals surface area contributed by atoms with Gasteiger partial charge in [0.05, 0.1) is 0 Å². The number of hydrogen-bond acceptors (Lipinski definition) is 2. The lowest BCUT2D eigenvalue weighted by Gasteiger charge is -2.23. The van der Waals surface area contributed by atoms with Crippen LogP contribution < -0.4 is 5.43 Å². The van der Waals surface area contributed by atoms with Gasteiger partial charge in [-0.2, -0.15) is 5.10 Å². The van der Waals surface area contributed by atoms with Crippen molar-refractivity contribution in [3.63, 3.8) is 0 Å². The molecular formula is C19H20N2O. The first-order valence-electron chi connectivity index (χ1n) is 7.78. The van der Waals surface area contributed by atoms with E-state index in [0.717, 1.165) is 31.4 Å². The maximum absolute atomic E-state index is 12.0. The summed E-state index contributed by atoms with van der Waals surface area (Å²) in [6.45, 7) is 0. The van der Waals surface area contributed by atoms with E-state index >= 15 is 0 Å². The van der Waals surface area contributed by atoms with Gasteiger partial charge < -0.3 is 0 Å². The molecule has 3 rings (SSSR count). The fourth-order valence-corrected chi connectivity index (χ4v) is 2.91. The molecule has 0 saturated heterocycles. The standard InChI is InChI=1S/C19H20N2O/c22-19(17-9-5-2-6-10-17)21-20-18-13-11-16(12-14-18)15-7-3-1-4-8-15/h1-10,16H,11-14H2,(H,21,22). The topological polar surface area (TPSA) is 41.5 Å². The minimum Gasteiger partial charge on any atom is -0.267 e. The molecule has 1 fully saturated rings. The van der Waals surface area contributed by atoms with Crippen molar-refractivity contribution in [3.05, 3.63) is 71.8 Å². The smallest absolute Gasteiger partial charge is 0.267 e. The molecule has 0 unspecified atom stereocenters. The van der Waals surface area contributed by atoms with E-state index in [2.05, 4.69) is 40.9 Å². The monoisotopic (exact) mass is 292 g/mol. The van der Waals surface area contributed by atoms with Gasteiger partial charge in [0.2, 0.25) is 0 Å². The lowest BCUT2D eigenvalue weighted by atomic mass is 9.83. The Bertz CT molecular complexity index is 640. The first kappa shape index (κ1) is 14.5. The summed E-state index contributed by atoms with van der Waals surface area (Å²) in [6, 6.07) is 19.8. The van der Waals surface area contributed by atoms with Crippen LogP contribution in [0.4, 0.5) is 0 Å². The Labute approximate surface area is 131 Å². The molecule has 1 aliphatic carbocycles. The van der Waals surface area contributed by atoms with Crippen LogP contribution in [0, 0.1) is 0 Å². The average molecular weight is 292 g/mol. The largest absolute Gasteiger partial charge is 0.271 e. The second kappa shape index (κ2) is 7.03. The molecule has 22 heavy (non-hydrogen) atoms. The van der Waals surface area contributed by atoms with E-state index in [-0.39, 0.29) is 5.91 Å². The Balaban J connectivity index is 1.54. The summed E-state index contributed by atoms with van der Waals surface area (Å²) >= 11 is 0. The summed E-state index contributed by atoms with van der Waals surface area (Å²) in [7, 11) is 0. The number of carbonyl (C=O) groups excluding carboxylic acids is 1. The predicted octanol–water partition coefficient (Wildman–Crippen LogP) is 4.13. The summed E-state index contributed by atoms with van der Waals surface area (Å²) in [6.07, 6.45) is 4.11. The van der Waals surface area contributed by atoms with Gasteiger partial charge >= 0.3 is 0 Å². The van der Waals surface area contributed by atoms with Crippen LogP contribution in [-0.4, -0.2) is 11.6 Å². The number of amides is 1. The second-order valence-electron chi connectivity index (χ2n) is 5.67. The third kappa shape index (κ3) is 3.61. The molecule has 3 nitrogen and oxygen atoms in total. The molecule has 2 aromatic carbocycles. The fourth-order valence-electron chi connectivity index (χ4n) is 2.91. The van der Waals surface area contributed by atoms with E-state index in [1.54, 1.807) is 12.1 Å². The summed E-state index contributed by atoms with van der Waals surface area (Å²) in [5, 5.41) is 4.30. The van der Waals surface area contributed by atoms with Gasteiger partial charge in [0.15, 0.2) is 0 Å². The lowest BCUT2D eigenvalue weighted by Crippen LogP contribution is -2.21. The van der Waals surface area contributed by atoms with Crippen molar-refractivity contribution < 1.29 is 4.79 Å². The van der Waals surface area contributed by atoms with Crippen LogP contribution in [0.2, 0.25) is 0 Å². The van der Waals surface area contributed by atoms with Gasteiger partial charge in [0, 0.05) is 11.3 Å². The van der Waals surface area contributed by atoms with Crippen LogP contribution in [0.3, 0.4) is 0 Å². The van der Waals surface area contributed by atoms with Crippen LogP contribution in [-0.2, 0) is 0 Å². The van der Waals surface area contributed by atoms with E-state index in [9.17, 15) is 4.79 Å². The molecule has 0 spiro atoms. The third-order valence-corrected chi connectivity index (χ3v) is 4.19. The number of hydrazone groups is 1. The van der Waals surface area contributed by atoms with Crippen molar-refractivity contribution in [3.8, 4) is 0 Å². The van der Waals surface area contributed by atoms with Crippen LogP contribution in [0.25, 0.3) is 0 Å². The zero-order chi connectivity index (χ0) is 15.2. The molecule has 112 valence electrons. The Morgan fingerprint density at radius 2 is 1.50 bits per heavy atom. The van der Waals surface area contributed by atoms with Crippen molar-refractivity contribution >= 4 is 11.6 Å². The van der Waals surface area contributed by atoms with Crippen LogP contribution >= 0.6 is 0 Å². The number of nitrogens with zero attached hydrogens (tertiary/aromatic N) is 1. The number of rotatable bonds is 3. The van der Waals surface area contributed by atoms with E-state index in [0.29, 0.717) is 11.5 Å². The van der Waals surface area contributed by atoms with Crippen molar-refractivity contribution in [2.45, 2.75) is 31.6 Å². The van der Waals surface area contributed by atoms with Gasteiger partial charge in [0.1, 0.15) is 0 Å². The fraction of sp³-hybridized carbons (Fsp3) is 0.263. The summed E-state index contributed by atoms with van der Waals surface area (Å²) in [5.74, 6) is 0.475. The Morgan fingerprint density at radius 1 is 0.909 bits per heavy atom. The van der Waals surface area contributed by atoms with E-state index in [1.807, 2.05) is 18.2 Å². The maximum Gasteiger partial charge on any atom is 0.271 e. The van der Waals surface area contributed by atoms with E-state index < -0.39 is 0 Å². The number of hydrogen-bond donors (Lipinski definition) is 1. The molecular weight excluding hydrogens is 272 g/mol. The second-order valence-corrected chi connectivity index (χ2v) is 5.67. The Kier molecular flexibility index (Phi) is 4.64. The molecule has 0 atom stereocenters. The molecule has 1 saturated carbocycles. The minimum atomic E-state index is -0.140. The van der Waals surface area contributed by atoms with E-state index in [4.69, 9.17) is 0 Å². The molecule has 0 heterocycles. The molecule has 0 bridgehead atoms. The van der Waals surface area contributed by atoms with E-state index in [1.165, 1.54) is 5.56 Å². The van der Waals surface area contributed by atoms with Crippen molar-refractivity contribution in [1.29, 1.82) is 0 Å². The van der Waals surface area contributed by atoms with Crippen molar-refractivity contribution in [1.82, 2.24) is 5.43 Å². The molecule has 2 aromatic rings. The van der Waals surface area contributed by atoms with Gasteiger partial charge in [-0.15, -0.1) is 0 Å². The normalized spacial score (nSPS) is 17.8. The molecule has 0 radical (unpaired) electrons. The van der Waals surface area contributed by atoms with Gasteiger partial charge in [-0.25, -0.2) is 5.43 Å². The van der Waals surface area contributed by atoms with Crippen LogP contribution in [0.1, 0.15) is 47.5 Å². The zero-order valence-electron chi connectivity index (χ0n) is 12.5. The number of carbonyl (C=O) groups is 1. The SMILES string of the molecule is O=C(NN=C1CCC(c2ccccc2)CC1)c1ccccc1. The average Bonchev–Trinajstić information content (AvgIpc) is 2.61. The van der Waals surface area contributed by atoms with Crippen molar-refractivity contribution in [2.75, 3.05) is 0 Å². The molecule has 1 aliphatic rings. The third-order valence-electron chi connectivity index (χ3n) is 4.19. The zero-order valence-corrected chi connectivity index (χ0v) is 12.5. The quantitative estimate of drug-likeness (QED) is 0.849. The Morgan fingerprint density at radius 3 is 2.14 bits per heavy atom. The van der Waals surface area contributed by atoms with Crippen molar-refractivity contribution in [2.24, 2.45) is 5.10 Å². The van der Waals surface area contributed by atoms with Gasteiger partial charge in [0.25, 0.3) is 5.91 Å². The Hall–Kier alpha value is -2.42. The molecule has 1 amide bonds.